The first-order valence-corrected chi connectivity index (χ1v) is 5.66. The molecular formula is C12H13N3O4. The number of hydrogen-bond donors (Lipinski definition) is 3. The van der Waals surface area contributed by atoms with Gasteiger partial charge in [-0.3, -0.25) is 4.79 Å². The van der Waals surface area contributed by atoms with E-state index in [0.717, 1.165) is 10.5 Å². The second-order valence-electron chi connectivity index (χ2n) is 4.24. The zero-order valence-electron chi connectivity index (χ0n) is 10.3. The molecule has 0 saturated heterocycles. The number of carbonyl (C=O) groups is 2. The first-order valence-electron chi connectivity index (χ1n) is 5.66. The number of carboxylic acid groups (broad SMARTS) is 1. The molecule has 1 aromatic carbocycles. The Morgan fingerprint density at radius 1 is 1.26 bits per heavy atom. The summed E-state index contributed by atoms with van der Waals surface area (Å²) in [6, 6.07) is 5.39. The van der Waals surface area contributed by atoms with E-state index in [9.17, 15) is 14.4 Å². The van der Waals surface area contributed by atoms with Crippen LogP contribution in [0.2, 0.25) is 0 Å². The highest BCUT2D eigenvalue weighted by molar-refractivity contribution is 6.31. The molecule has 0 aliphatic heterocycles. The number of rotatable bonds is 3. The second-order valence-corrected chi connectivity index (χ2v) is 4.24. The summed E-state index contributed by atoms with van der Waals surface area (Å²) in [7, 11) is 1.44. The fourth-order valence-electron chi connectivity index (χ4n) is 1.80. The first-order chi connectivity index (χ1) is 8.97. The molecule has 19 heavy (non-hydrogen) atoms. The van der Waals surface area contributed by atoms with Crippen molar-refractivity contribution in [1.29, 1.82) is 0 Å². The van der Waals surface area contributed by atoms with Crippen molar-refractivity contribution >= 4 is 22.9 Å². The molecule has 0 radical (unpaired) electrons. The number of hydrogen-bond acceptors (Lipinski definition) is 3. The fourth-order valence-corrected chi connectivity index (χ4v) is 1.80. The Morgan fingerprint density at radius 2 is 1.95 bits per heavy atom. The Morgan fingerprint density at radius 3 is 2.63 bits per heavy atom. The van der Waals surface area contributed by atoms with Gasteiger partial charge in [0, 0.05) is 13.6 Å². The molecule has 0 aliphatic rings. The molecule has 0 unspecified atom stereocenters. The fraction of sp³-hybridized carbons (Fsp3) is 0.250. The van der Waals surface area contributed by atoms with Crippen molar-refractivity contribution in [1.82, 2.24) is 14.9 Å². The summed E-state index contributed by atoms with van der Waals surface area (Å²) in [6.45, 7) is 0.297. The van der Waals surface area contributed by atoms with Gasteiger partial charge in [-0.05, 0) is 24.1 Å². The van der Waals surface area contributed by atoms with Crippen LogP contribution >= 0.6 is 0 Å². The molecule has 100 valence electrons. The zero-order chi connectivity index (χ0) is 14.0. The number of carboxylic acids is 1. The first kappa shape index (κ1) is 12.9. The number of nitrogens with one attached hydrogen (secondary N) is 2. The lowest BCUT2D eigenvalue weighted by molar-refractivity contribution is -0.155. The molecule has 2 rings (SSSR count). The Balaban J connectivity index is 2.07. The van der Waals surface area contributed by atoms with Crippen molar-refractivity contribution in [2.45, 2.75) is 6.42 Å². The number of nitrogens with zero attached hydrogens (tertiary/aromatic N) is 1. The van der Waals surface area contributed by atoms with Crippen LogP contribution in [0.4, 0.5) is 0 Å². The number of benzene rings is 1. The standard InChI is InChI=1S/C12H13N3O4/c1-15(10(16)11(17)18)5-4-7-2-3-8-9(6-7)14-12(19)13-8/h2-3,6H,4-5H2,1H3,(H,17,18)(H2,13,14,19). The molecule has 7 heteroatoms. The summed E-state index contributed by atoms with van der Waals surface area (Å²) in [5, 5.41) is 8.56. The molecule has 1 amide bonds. The summed E-state index contributed by atoms with van der Waals surface area (Å²) in [5.74, 6) is -2.40. The monoisotopic (exact) mass is 263 g/mol. The molecular weight excluding hydrogens is 250 g/mol. The average Bonchev–Trinajstić information content (AvgIpc) is 2.74. The van der Waals surface area contributed by atoms with E-state index in [4.69, 9.17) is 5.11 Å². The van der Waals surface area contributed by atoms with Gasteiger partial charge in [-0.25, -0.2) is 9.59 Å². The van der Waals surface area contributed by atoms with Crippen LogP contribution in [0.15, 0.2) is 23.0 Å². The van der Waals surface area contributed by atoms with Gasteiger partial charge in [-0.1, -0.05) is 6.07 Å². The molecule has 0 atom stereocenters. The maximum atomic E-state index is 11.2. The minimum Gasteiger partial charge on any atom is -0.474 e. The minimum absolute atomic E-state index is 0.273. The van der Waals surface area contributed by atoms with E-state index >= 15 is 0 Å². The van der Waals surface area contributed by atoms with Crippen LogP contribution < -0.4 is 5.69 Å². The van der Waals surface area contributed by atoms with E-state index in [-0.39, 0.29) is 5.69 Å². The molecule has 2 aromatic rings. The van der Waals surface area contributed by atoms with Gasteiger partial charge in [-0.2, -0.15) is 0 Å². The quantitative estimate of drug-likeness (QED) is 0.674. The molecule has 0 spiro atoms. The predicted molar refractivity (Wildman–Crippen MR) is 67.9 cm³/mol. The molecule has 1 aromatic heterocycles. The number of H-pyrrole nitrogens is 2. The smallest absolute Gasteiger partial charge is 0.394 e. The highest BCUT2D eigenvalue weighted by Crippen LogP contribution is 2.10. The van der Waals surface area contributed by atoms with Gasteiger partial charge in [-0.15, -0.1) is 0 Å². The number of carbonyl (C=O) groups excluding carboxylic acids is 1. The molecule has 3 N–H and O–H groups in total. The largest absolute Gasteiger partial charge is 0.474 e. The van der Waals surface area contributed by atoms with Crippen molar-refractivity contribution in [2.75, 3.05) is 13.6 Å². The summed E-state index contributed by atoms with van der Waals surface area (Å²) in [6.07, 6.45) is 0.513. The SMILES string of the molecule is CN(CCc1ccc2[nH]c(=O)[nH]c2c1)C(=O)C(=O)O. The van der Waals surface area contributed by atoms with Crippen LogP contribution in [-0.4, -0.2) is 45.4 Å². The maximum Gasteiger partial charge on any atom is 0.394 e. The number of amides is 1. The number of imidazole rings is 1. The number of likely N-dealkylation sites (N-methyl/N-ethyl adjacent to an activating group) is 1. The third kappa shape index (κ3) is 2.82. The Hall–Kier alpha value is -2.57. The van der Waals surface area contributed by atoms with E-state index in [1.165, 1.54) is 7.05 Å². The number of aromatic amines is 2. The Labute approximate surface area is 107 Å². The molecule has 0 bridgehead atoms. The van der Waals surface area contributed by atoms with Crippen molar-refractivity contribution in [3.63, 3.8) is 0 Å². The van der Waals surface area contributed by atoms with Crippen molar-refractivity contribution in [3.8, 4) is 0 Å². The average molecular weight is 263 g/mol. The number of aromatic nitrogens is 2. The highest BCUT2D eigenvalue weighted by Gasteiger charge is 2.16. The minimum atomic E-state index is -1.46. The van der Waals surface area contributed by atoms with Gasteiger partial charge in [0.1, 0.15) is 0 Å². The summed E-state index contributed by atoms with van der Waals surface area (Å²) >= 11 is 0. The molecule has 0 saturated carbocycles. The molecule has 1 heterocycles. The molecule has 0 fully saturated rings. The summed E-state index contributed by atoms with van der Waals surface area (Å²) < 4.78 is 0. The van der Waals surface area contributed by atoms with E-state index in [1.54, 1.807) is 12.1 Å². The predicted octanol–water partition coefficient (Wildman–Crippen LogP) is -0.0583. The van der Waals surface area contributed by atoms with Crippen LogP contribution in [0.1, 0.15) is 5.56 Å². The van der Waals surface area contributed by atoms with E-state index in [1.807, 2.05) is 6.07 Å². The van der Waals surface area contributed by atoms with E-state index in [0.29, 0.717) is 24.0 Å². The van der Waals surface area contributed by atoms with Gasteiger partial charge in [0.25, 0.3) is 0 Å². The summed E-state index contributed by atoms with van der Waals surface area (Å²) in [5.41, 5.74) is 2.04. The van der Waals surface area contributed by atoms with E-state index in [2.05, 4.69) is 9.97 Å². The van der Waals surface area contributed by atoms with Crippen molar-refractivity contribution in [3.05, 3.63) is 34.2 Å². The summed E-state index contributed by atoms with van der Waals surface area (Å²) in [4.78, 5) is 39.2. The highest BCUT2D eigenvalue weighted by atomic mass is 16.4. The number of aliphatic carboxylic acids is 1. The van der Waals surface area contributed by atoms with Crippen LogP contribution in [-0.2, 0) is 16.0 Å². The van der Waals surface area contributed by atoms with Gasteiger partial charge in [0.2, 0.25) is 0 Å². The van der Waals surface area contributed by atoms with Gasteiger partial charge in [0.15, 0.2) is 0 Å². The zero-order valence-corrected chi connectivity index (χ0v) is 10.3. The number of fused-ring (bicyclic) bond motifs is 1. The van der Waals surface area contributed by atoms with Crippen LogP contribution in [0.5, 0.6) is 0 Å². The lowest BCUT2D eigenvalue weighted by Gasteiger charge is -2.14. The topological polar surface area (TPSA) is 106 Å². The second kappa shape index (κ2) is 4.97. The maximum absolute atomic E-state index is 11.2. The van der Waals surface area contributed by atoms with Gasteiger partial charge in [0.05, 0.1) is 11.0 Å². The van der Waals surface area contributed by atoms with Gasteiger partial charge < -0.3 is 20.0 Å². The van der Waals surface area contributed by atoms with E-state index < -0.39 is 11.9 Å². The Bertz CT molecular complexity index is 686. The Kier molecular flexibility index (Phi) is 3.37. The third-order valence-corrected chi connectivity index (χ3v) is 2.85. The molecule has 7 nitrogen and oxygen atoms in total. The van der Waals surface area contributed by atoms with Crippen LogP contribution in [0, 0.1) is 0 Å². The van der Waals surface area contributed by atoms with Crippen LogP contribution in [0.25, 0.3) is 11.0 Å². The normalized spacial score (nSPS) is 10.6. The third-order valence-electron chi connectivity index (χ3n) is 2.85. The van der Waals surface area contributed by atoms with Crippen molar-refractivity contribution in [2.24, 2.45) is 0 Å². The molecule has 0 aliphatic carbocycles. The van der Waals surface area contributed by atoms with Crippen molar-refractivity contribution < 1.29 is 14.7 Å². The van der Waals surface area contributed by atoms with Gasteiger partial charge >= 0.3 is 17.6 Å². The van der Waals surface area contributed by atoms with Crippen LogP contribution in [0.3, 0.4) is 0 Å². The lowest BCUT2D eigenvalue weighted by Crippen LogP contribution is -2.34. The lowest BCUT2D eigenvalue weighted by atomic mass is 10.1.